The summed E-state index contributed by atoms with van der Waals surface area (Å²) >= 11 is 0. The van der Waals surface area contributed by atoms with Gasteiger partial charge >= 0.3 is 0 Å². The lowest BCUT2D eigenvalue weighted by Gasteiger charge is -2.34. The van der Waals surface area contributed by atoms with Crippen LogP contribution in [0, 0.1) is 6.92 Å². The molecule has 5 aromatic carbocycles. The summed E-state index contributed by atoms with van der Waals surface area (Å²) in [6.07, 6.45) is 1.04. The van der Waals surface area contributed by atoms with Crippen LogP contribution in [0.25, 0.3) is 22.3 Å². The van der Waals surface area contributed by atoms with E-state index in [0.29, 0.717) is 0 Å². The molecule has 5 aromatic rings. The molecule has 34 heavy (non-hydrogen) atoms. The van der Waals surface area contributed by atoms with Crippen LogP contribution in [0.1, 0.15) is 40.3 Å². The molecule has 0 saturated heterocycles. The van der Waals surface area contributed by atoms with Crippen LogP contribution < -0.4 is 0 Å². The summed E-state index contributed by atoms with van der Waals surface area (Å²) in [6.45, 7) is 4.38. The molecule has 0 heterocycles. The number of benzene rings is 5. The molecular formula is C34H28. The van der Waals surface area contributed by atoms with E-state index in [1.807, 2.05) is 0 Å². The largest absolute Gasteiger partial charge is 0.0713 e. The summed E-state index contributed by atoms with van der Waals surface area (Å²) in [6, 6.07) is 45.1. The number of rotatable bonds is 4. The molecule has 0 amide bonds. The highest BCUT2D eigenvalue weighted by Crippen LogP contribution is 2.58. The fraction of sp³-hybridized carbons (Fsp3) is 0.118. The van der Waals surface area contributed by atoms with E-state index in [1.165, 1.54) is 55.6 Å². The van der Waals surface area contributed by atoms with Crippen LogP contribution in [-0.2, 0) is 11.8 Å². The number of hydrogen-bond acceptors (Lipinski definition) is 0. The molecule has 1 aliphatic rings. The molecule has 0 nitrogen and oxygen atoms in total. The van der Waals surface area contributed by atoms with Crippen molar-refractivity contribution in [3.63, 3.8) is 0 Å². The van der Waals surface area contributed by atoms with Gasteiger partial charge in [0.2, 0.25) is 0 Å². The monoisotopic (exact) mass is 436 g/mol. The second-order valence-electron chi connectivity index (χ2n) is 9.31. The minimum atomic E-state index is -0.351. The Hall–Kier alpha value is -3.90. The van der Waals surface area contributed by atoms with Crippen LogP contribution in [0.15, 0.2) is 121 Å². The first-order chi connectivity index (χ1) is 16.7. The summed E-state index contributed by atoms with van der Waals surface area (Å²) in [5.41, 5.74) is 12.9. The van der Waals surface area contributed by atoms with Crippen LogP contribution in [-0.4, -0.2) is 0 Å². The molecule has 0 saturated carbocycles. The maximum Gasteiger partial charge on any atom is 0.0713 e. The van der Waals surface area contributed by atoms with Gasteiger partial charge in [-0.3, -0.25) is 0 Å². The minimum Gasteiger partial charge on any atom is -0.0622 e. The standard InChI is InChI=1S/C34H28/c1-3-25-18-22-28(23-19-25)34(27-20-16-24(2)17-21-27)31-14-8-7-12-30(31)33-29(13-9-15-32(33)34)26-10-5-4-6-11-26/h4-23H,3H2,1-2H3. The summed E-state index contributed by atoms with van der Waals surface area (Å²) in [7, 11) is 0. The van der Waals surface area contributed by atoms with Gasteiger partial charge in [0.25, 0.3) is 0 Å². The molecule has 164 valence electrons. The third-order valence-corrected chi connectivity index (χ3v) is 7.43. The number of aryl methyl sites for hydroxylation is 2. The van der Waals surface area contributed by atoms with Gasteiger partial charge in [0.05, 0.1) is 5.41 Å². The van der Waals surface area contributed by atoms with Gasteiger partial charge in [0.15, 0.2) is 0 Å². The Bertz CT molecular complexity index is 1460. The Morgan fingerprint density at radius 2 is 1.12 bits per heavy atom. The molecule has 0 aliphatic heterocycles. The van der Waals surface area contributed by atoms with E-state index >= 15 is 0 Å². The predicted molar refractivity (Wildman–Crippen MR) is 143 cm³/mol. The Kier molecular flexibility index (Phi) is 4.96. The fourth-order valence-electron chi connectivity index (χ4n) is 5.77. The van der Waals surface area contributed by atoms with Gasteiger partial charge in [-0.2, -0.15) is 0 Å². The quantitative estimate of drug-likeness (QED) is 0.259. The average Bonchev–Trinajstić information content (AvgIpc) is 3.21. The third kappa shape index (κ3) is 2.99. The van der Waals surface area contributed by atoms with Crippen LogP contribution in [0.2, 0.25) is 0 Å². The molecule has 6 rings (SSSR count). The molecule has 0 fully saturated rings. The first-order valence-electron chi connectivity index (χ1n) is 12.2. The molecule has 0 N–H and O–H groups in total. The highest BCUT2D eigenvalue weighted by atomic mass is 14.5. The van der Waals surface area contributed by atoms with E-state index in [1.54, 1.807) is 0 Å². The van der Waals surface area contributed by atoms with Crippen LogP contribution in [0.3, 0.4) is 0 Å². The van der Waals surface area contributed by atoms with Crippen LogP contribution in [0.4, 0.5) is 0 Å². The van der Waals surface area contributed by atoms with E-state index in [-0.39, 0.29) is 5.41 Å². The fourth-order valence-corrected chi connectivity index (χ4v) is 5.77. The van der Waals surface area contributed by atoms with Gasteiger partial charge in [-0.25, -0.2) is 0 Å². The molecule has 0 radical (unpaired) electrons. The van der Waals surface area contributed by atoms with E-state index in [9.17, 15) is 0 Å². The molecule has 0 aromatic heterocycles. The molecule has 1 unspecified atom stereocenters. The van der Waals surface area contributed by atoms with Crippen molar-refractivity contribution in [1.29, 1.82) is 0 Å². The summed E-state index contributed by atoms with van der Waals surface area (Å²) in [4.78, 5) is 0. The SMILES string of the molecule is CCc1ccc(C2(c3ccc(C)cc3)c3ccccc3-c3c(-c4ccccc4)cccc32)cc1. The van der Waals surface area contributed by atoms with Gasteiger partial charge in [-0.15, -0.1) is 0 Å². The predicted octanol–water partition coefficient (Wildman–Crippen LogP) is 8.59. The third-order valence-electron chi connectivity index (χ3n) is 7.43. The lowest BCUT2D eigenvalue weighted by molar-refractivity contribution is 0.767. The topological polar surface area (TPSA) is 0 Å². The molecule has 1 atom stereocenters. The van der Waals surface area contributed by atoms with Crippen molar-refractivity contribution in [2.75, 3.05) is 0 Å². The minimum absolute atomic E-state index is 0.351. The van der Waals surface area contributed by atoms with Gasteiger partial charge < -0.3 is 0 Å². The lowest BCUT2D eigenvalue weighted by atomic mass is 9.67. The van der Waals surface area contributed by atoms with Crippen molar-refractivity contribution in [1.82, 2.24) is 0 Å². The highest BCUT2D eigenvalue weighted by Gasteiger charge is 2.46. The van der Waals surface area contributed by atoms with E-state index in [0.717, 1.165) is 6.42 Å². The van der Waals surface area contributed by atoms with Crippen molar-refractivity contribution < 1.29 is 0 Å². The Morgan fingerprint density at radius 3 is 1.82 bits per heavy atom. The van der Waals surface area contributed by atoms with Crippen molar-refractivity contribution in [3.05, 3.63) is 155 Å². The van der Waals surface area contributed by atoms with Gasteiger partial charge in [-0.05, 0) is 63.4 Å². The Labute approximate surface area is 202 Å². The second-order valence-corrected chi connectivity index (χ2v) is 9.31. The van der Waals surface area contributed by atoms with Crippen molar-refractivity contribution in [2.45, 2.75) is 25.7 Å². The van der Waals surface area contributed by atoms with Crippen molar-refractivity contribution in [3.8, 4) is 22.3 Å². The number of fused-ring (bicyclic) bond motifs is 3. The molecule has 0 spiro atoms. The molecule has 0 bridgehead atoms. The molecular weight excluding hydrogens is 408 g/mol. The van der Waals surface area contributed by atoms with E-state index in [2.05, 4.69) is 135 Å². The first kappa shape index (κ1) is 20.7. The van der Waals surface area contributed by atoms with E-state index < -0.39 is 0 Å². The van der Waals surface area contributed by atoms with Crippen molar-refractivity contribution >= 4 is 0 Å². The van der Waals surface area contributed by atoms with Crippen molar-refractivity contribution in [2.24, 2.45) is 0 Å². The van der Waals surface area contributed by atoms with Gasteiger partial charge in [0.1, 0.15) is 0 Å². The Balaban J connectivity index is 1.75. The normalized spacial score (nSPS) is 16.2. The first-order valence-corrected chi connectivity index (χ1v) is 12.2. The zero-order chi connectivity index (χ0) is 23.1. The second kappa shape index (κ2) is 8.15. The zero-order valence-electron chi connectivity index (χ0n) is 19.8. The molecule has 1 aliphatic carbocycles. The summed E-state index contributed by atoms with van der Waals surface area (Å²) < 4.78 is 0. The maximum absolute atomic E-state index is 2.35. The summed E-state index contributed by atoms with van der Waals surface area (Å²) in [5, 5.41) is 0. The lowest BCUT2D eigenvalue weighted by Crippen LogP contribution is -2.28. The zero-order valence-corrected chi connectivity index (χ0v) is 19.8. The maximum atomic E-state index is 2.35. The molecule has 0 heteroatoms. The van der Waals surface area contributed by atoms with Gasteiger partial charge in [-0.1, -0.05) is 134 Å². The van der Waals surface area contributed by atoms with Crippen LogP contribution >= 0.6 is 0 Å². The number of hydrogen-bond donors (Lipinski definition) is 0. The van der Waals surface area contributed by atoms with Crippen LogP contribution in [0.5, 0.6) is 0 Å². The van der Waals surface area contributed by atoms with E-state index in [4.69, 9.17) is 0 Å². The smallest absolute Gasteiger partial charge is 0.0622 e. The highest BCUT2D eigenvalue weighted by molar-refractivity contribution is 5.95. The summed E-state index contributed by atoms with van der Waals surface area (Å²) in [5.74, 6) is 0. The Morgan fingerprint density at radius 1 is 0.529 bits per heavy atom. The average molecular weight is 437 g/mol. The van der Waals surface area contributed by atoms with Gasteiger partial charge in [0, 0.05) is 0 Å².